The van der Waals surface area contributed by atoms with Gasteiger partial charge in [0.05, 0.1) is 11.0 Å². The summed E-state index contributed by atoms with van der Waals surface area (Å²) in [5.41, 5.74) is 10.4. The summed E-state index contributed by atoms with van der Waals surface area (Å²) in [4.78, 5) is 12.1. The number of unbranched alkanes of at least 4 members (excludes halogenated alkanes) is 1. The molecule has 0 atom stereocenters. The maximum atomic E-state index is 12.1. The summed E-state index contributed by atoms with van der Waals surface area (Å²) in [7, 11) is 0. The highest BCUT2D eigenvalue weighted by Gasteiger charge is 2.17. The van der Waals surface area contributed by atoms with Crippen molar-refractivity contribution in [2.24, 2.45) is 5.73 Å². The summed E-state index contributed by atoms with van der Waals surface area (Å²) in [6.07, 6.45) is 3.25. The molecule has 0 saturated carbocycles. The zero-order valence-electron chi connectivity index (χ0n) is 16.1. The third-order valence-electron chi connectivity index (χ3n) is 5.20. The van der Waals surface area contributed by atoms with Crippen molar-refractivity contribution in [2.45, 2.75) is 32.7 Å². The maximum absolute atomic E-state index is 12.1. The topological polar surface area (TPSA) is 48.0 Å². The van der Waals surface area contributed by atoms with Crippen LogP contribution in [0.3, 0.4) is 0 Å². The van der Waals surface area contributed by atoms with Gasteiger partial charge in [0.15, 0.2) is 0 Å². The Kier molecular flexibility index (Phi) is 5.53. The molecule has 3 aromatic carbocycles. The van der Waals surface area contributed by atoms with Crippen LogP contribution in [0.5, 0.6) is 0 Å². The van der Waals surface area contributed by atoms with E-state index in [1.807, 2.05) is 30.3 Å². The number of carbonyl (C=O) groups is 1. The van der Waals surface area contributed by atoms with Crippen molar-refractivity contribution in [3.8, 4) is 0 Å². The standard InChI is InChI=1S/C24H21Cl2N2O/c1-2-3-5-15-8-9-19-22(12-15)28(14-16-10-17(25)13-18(26)11-16)21-7-4-6-20(23(19)21)24(27)29/h4,6-8,10-13H,2-3,5,14H2,1H3,(H2,27,29). The number of amides is 1. The van der Waals surface area contributed by atoms with E-state index in [0.29, 0.717) is 22.2 Å². The molecular weight excluding hydrogens is 403 g/mol. The molecule has 0 unspecified atom stereocenters. The first-order valence-corrected chi connectivity index (χ1v) is 10.4. The third-order valence-corrected chi connectivity index (χ3v) is 5.64. The lowest BCUT2D eigenvalue weighted by molar-refractivity contribution is 0.100. The third kappa shape index (κ3) is 3.85. The smallest absolute Gasteiger partial charge is 0.249 e. The number of rotatable bonds is 6. The van der Waals surface area contributed by atoms with Crippen LogP contribution in [0.2, 0.25) is 10.0 Å². The number of nitrogens with zero attached hydrogens (tertiary/aromatic N) is 1. The van der Waals surface area contributed by atoms with E-state index < -0.39 is 5.91 Å². The van der Waals surface area contributed by atoms with Gasteiger partial charge in [-0.2, -0.15) is 0 Å². The van der Waals surface area contributed by atoms with Crippen molar-refractivity contribution in [1.82, 2.24) is 4.57 Å². The SMILES string of the molecule is CCCCc1c[c]c2c3c(C(N)=O)cccc3n(Cc3cc(Cl)cc(Cl)c3)c2c1. The Hall–Kier alpha value is -2.49. The Bertz CT molecular complexity index is 1210. The second-order valence-corrected chi connectivity index (χ2v) is 8.17. The van der Waals surface area contributed by atoms with Crippen LogP contribution in [0.25, 0.3) is 21.8 Å². The van der Waals surface area contributed by atoms with E-state index in [-0.39, 0.29) is 0 Å². The van der Waals surface area contributed by atoms with Gasteiger partial charge in [-0.15, -0.1) is 0 Å². The maximum Gasteiger partial charge on any atom is 0.249 e. The van der Waals surface area contributed by atoms with Gasteiger partial charge in [0, 0.05) is 32.9 Å². The van der Waals surface area contributed by atoms with Gasteiger partial charge in [-0.05, 0) is 66.4 Å². The van der Waals surface area contributed by atoms with E-state index in [4.69, 9.17) is 28.9 Å². The molecule has 1 radical (unpaired) electrons. The number of halogens is 2. The number of fused-ring (bicyclic) bond motifs is 3. The molecule has 147 valence electrons. The highest BCUT2D eigenvalue weighted by Crippen LogP contribution is 2.33. The fraction of sp³-hybridized carbons (Fsp3) is 0.208. The van der Waals surface area contributed by atoms with Gasteiger partial charge in [-0.1, -0.05) is 48.7 Å². The van der Waals surface area contributed by atoms with Crippen LogP contribution >= 0.6 is 23.2 Å². The van der Waals surface area contributed by atoms with Crippen molar-refractivity contribution < 1.29 is 4.79 Å². The molecule has 0 fully saturated rings. The van der Waals surface area contributed by atoms with E-state index in [1.165, 1.54) is 5.56 Å². The molecule has 29 heavy (non-hydrogen) atoms. The monoisotopic (exact) mass is 423 g/mol. The summed E-state index contributed by atoms with van der Waals surface area (Å²) in [5.74, 6) is -0.441. The average molecular weight is 424 g/mol. The number of nitrogens with two attached hydrogens (primary N) is 1. The summed E-state index contributed by atoms with van der Waals surface area (Å²) >= 11 is 12.4. The predicted octanol–water partition coefficient (Wildman–Crippen LogP) is 6.39. The largest absolute Gasteiger partial charge is 0.366 e. The summed E-state index contributed by atoms with van der Waals surface area (Å²) in [6.45, 7) is 2.76. The Morgan fingerprint density at radius 3 is 2.52 bits per heavy atom. The Labute approximate surface area is 180 Å². The van der Waals surface area contributed by atoms with Crippen LogP contribution in [-0.2, 0) is 13.0 Å². The van der Waals surface area contributed by atoms with Crippen LogP contribution in [-0.4, -0.2) is 10.5 Å². The summed E-state index contributed by atoms with van der Waals surface area (Å²) in [5, 5.41) is 2.94. The van der Waals surface area contributed by atoms with Crippen molar-refractivity contribution in [3.63, 3.8) is 0 Å². The van der Waals surface area contributed by atoms with E-state index in [9.17, 15) is 4.79 Å². The minimum atomic E-state index is -0.441. The van der Waals surface area contributed by atoms with E-state index >= 15 is 0 Å². The molecule has 1 heterocycles. The normalized spacial score (nSPS) is 11.4. The molecule has 0 bridgehead atoms. The average Bonchev–Trinajstić information content (AvgIpc) is 2.99. The van der Waals surface area contributed by atoms with Crippen LogP contribution in [0, 0.1) is 6.07 Å². The lowest BCUT2D eigenvalue weighted by Crippen LogP contribution is -2.11. The van der Waals surface area contributed by atoms with Gasteiger partial charge in [-0.3, -0.25) is 4.79 Å². The zero-order chi connectivity index (χ0) is 20.5. The molecule has 0 saturated heterocycles. The van der Waals surface area contributed by atoms with Crippen molar-refractivity contribution in [2.75, 3.05) is 0 Å². The molecule has 3 nitrogen and oxygen atoms in total. The fourth-order valence-corrected chi connectivity index (χ4v) is 4.46. The van der Waals surface area contributed by atoms with Crippen molar-refractivity contribution in [1.29, 1.82) is 0 Å². The van der Waals surface area contributed by atoms with Gasteiger partial charge >= 0.3 is 0 Å². The number of aromatic nitrogens is 1. The molecule has 1 amide bonds. The first-order valence-electron chi connectivity index (χ1n) is 9.68. The predicted molar refractivity (Wildman–Crippen MR) is 121 cm³/mol. The lowest BCUT2D eigenvalue weighted by Gasteiger charge is -2.10. The molecule has 4 aromatic rings. The van der Waals surface area contributed by atoms with E-state index in [0.717, 1.165) is 46.6 Å². The number of hydrogen-bond acceptors (Lipinski definition) is 1. The first kappa shape index (κ1) is 19.8. The molecular formula is C24H21Cl2N2O. The molecule has 4 rings (SSSR count). The van der Waals surface area contributed by atoms with Crippen LogP contribution < -0.4 is 5.73 Å². The van der Waals surface area contributed by atoms with Gasteiger partial charge in [-0.25, -0.2) is 0 Å². The lowest BCUT2D eigenvalue weighted by atomic mass is 10.0. The van der Waals surface area contributed by atoms with Gasteiger partial charge in [0.25, 0.3) is 0 Å². The minimum absolute atomic E-state index is 0.441. The Balaban J connectivity index is 1.98. The second-order valence-electron chi connectivity index (χ2n) is 7.30. The number of hydrogen-bond donors (Lipinski definition) is 1. The van der Waals surface area contributed by atoms with Gasteiger partial charge in [0.2, 0.25) is 5.91 Å². The first-order chi connectivity index (χ1) is 14.0. The van der Waals surface area contributed by atoms with Gasteiger partial charge < -0.3 is 10.3 Å². The zero-order valence-corrected chi connectivity index (χ0v) is 17.6. The van der Waals surface area contributed by atoms with Gasteiger partial charge in [0.1, 0.15) is 0 Å². The van der Waals surface area contributed by atoms with E-state index in [1.54, 1.807) is 12.1 Å². The molecule has 1 aromatic heterocycles. The molecule has 2 N–H and O–H groups in total. The molecule has 0 spiro atoms. The minimum Gasteiger partial charge on any atom is -0.366 e. The molecule has 0 aliphatic rings. The molecule has 0 aliphatic heterocycles. The quantitative estimate of drug-likeness (QED) is 0.383. The van der Waals surface area contributed by atoms with Crippen LogP contribution in [0.4, 0.5) is 0 Å². The number of benzene rings is 3. The van der Waals surface area contributed by atoms with Crippen molar-refractivity contribution in [3.05, 3.63) is 81.3 Å². The number of carbonyl (C=O) groups excluding carboxylic acids is 1. The Morgan fingerprint density at radius 1 is 1.07 bits per heavy atom. The highest BCUT2D eigenvalue weighted by molar-refractivity contribution is 6.34. The molecule has 5 heteroatoms. The summed E-state index contributed by atoms with van der Waals surface area (Å²) < 4.78 is 2.19. The van der Waals surface area contributed by atoms with E-state index in [2.05, 4.69) is 23.6 Å². The van der Waals surface area contributed by atoms with Crippen LogP contribution in [0.15, 0.2) is 48.5 Å². The number of aryl methyl sites for hydroxylation is 1. The van der Waals surface area contributed by atoms with Crippen molar-refractivity contribution >= 4 is 50.9 Å². The Morgan fingerprint density at radius 2 is 1.83 bits per heavy atom. The fourth-order valence-electron chi connectivity index (χ4n) is 3.88. The van der Waals surface area contributed by atoms with Crippen LogP contribution in [0.1, 0.15) is 41.3 Å². The number of primary amides is 1. The highest BCUT2D eigenvalue weighted by atomic mass is 35.5. The summed E-state index contributed by atoms with van der Waals surface area (Å²) in [6, 6.07) is 18.8. The molecule has 0 aliphatic carbocycles. The second kappa shape index (κ2) is 8.10.